The summed E-state index contributed by atoms with van der Waals surface area (Å²) in [5.74, 6) is 0.359. The molecule has 2 amide bonds. The van der Waals surface area contributed by atoms with Crippen LogP contribution in [0.2, 0.25) is 0 Å². The van der Waals surface area contributed by atoms with E-state index in [-0.39, 0.29) is 17.7 Å². The maximum absolute atomic E-state index is 12.9. The summed E-state index contributed by atoms with van der Waals surface area (Å²) in [5, 5.41) is 0. The summed E-state index contributed by atoms with van der Waals surface area (Å²) in [7, 11) is 0. The van der Waals surface area contributed by atoms with Crippen LogP contribution in [0.3, 0.4) is 0 Å². The summed E-state index contributed by atoms with van der Waals surface area (Å²) in [6, 6.07) is 7.90. The molecule has 2 saturated heterocycles. The third-order valence-electron chi connectivity index (χ3n) is 5.95. The second-order valence-electron chi connectivity index (χ2n) is 7.64. The molecule has 1 aromatic carbocycles. The van der Waals surface area contributed by atoms with Gasteiger partial charge in [0.2, 0.25) is 5.91 Å². The van der Waals surface area contributed by atoms with E-state index < -0.39 is 0 Å². The van der Waals surface area contributed by atoms with Crippen molar-refractivity contribution in [1.82, 2.24) is 19.4 Å². The second kappa shape index (κ2) is 8.47. The Balaban J connectivity index is 1.27. The van der Waals surface area contributed by atoms with Crippen LogP contribution in [0, 0.1) is 5.92 Å². The Morgan fingerprint density at radius 2 is 1.57 bits per heavy atom. The molecule has 0 aliphatic carbocycles. The van der Waals surface area contributed by atoms with Crippen LogP contribution >= 0.6 is 15.9 Å². The monoisotopic (exact) mass is 444 g/mol. The first-order valence-corrected chi connectivity index (χ1v) is 10.7. The highest BCUT2D eigenvalue weighted by Gasteiger charge is 2.32. The number of hydrogen-bond acceptors (Lipinski definition) is 3. The smallest absolute Gasteiger partial charge is 0.253 e. The number of hydrogen-bond donors (Lipinski definition) is 0. The number of carbonyl (C=O) groups is 2. The van der Waals surface area contributed by atoms with E-state index >= 15 is 0 Å². The molecule has 2 aliphatic heterocycles. The van der Waals surface area contributed by atoms with E-state index in [1.807, 2.05) is 46.6 Å². The first-order chi connectivity index (χ1) is 13.6. The molecule has 0 atom stereocenters. The summed E-state index contributed by atoms with van der Waals surface area (Å²) in [4.78, 5) is 33.6. The number of amides is 2. The lowest BCUT2D eigenvalue weighted by Gasteiger charge is -2.37. The zero-order chi connectivity index (χ0) is 19.5. The van der Waals surface area contributed by atoms with Crippen molar-refractivity contribution in [3.05, 3.63) is 53.0 Å². The van der Waals surface area contributed by atoms with E-state index in [2.05, 4.69) is 25.5 Å². The third-order valence-corrected chi connectivity index (χ3v) is 6.47. The van der Waals surface area contributed by atoms with E-state index in [4.69, 9.17) is 0 Å². The van der Waals surface area contributed by atoms with E-state index in [0.29, 0.717) is 24.7 Å². The van der Waals surface area contributed by atoms with Crippen molar-refractivity contribution in [1.29, 1.82) is 0 Å². The normalized spacial score (nSPS) is 19.0. The van der Waals surface area contributed by atoms with Crippen LogP contribution < -0.4 is 0 Å². The van der Waals surface area contributed by atoms with Crippen LogP contribution in [0.4, 0.5) is 0 Å². The minimum absolute atomic E-state index is 0.0405. The molecule has 0 spiro atoms. The molecule has 0 unspecified atom stereocenters. The fourth-order valence-corrected chi connectivity index (χ4v) is 4.50. The predicted octanol–water partition coefficient (Wildman–Crippen LogP) is 3.36. The maximum atomic E-state index is 12.9. The average Bonchev–Trinajstić information content (AvgIpc) is 3.28. The highest BCUT2D eigenvalue weighted by molar-refractivity contribution is 9.10. The van der Waals surface area contributed by atoms with Gasteiger partial charge in [-0.2, -0.15) is 0 Å². The van der Waals surface area contributed by atoms with Crippen LogP contribution in [0.25, 0.3) is 0 Å². The molecule has 28 heavy (non-hydrogen) atoms. The molecule has 3 heterocycles. The van der Waals surface area contributed by atoms with Gasteiger partial charge in [0.1, 0.15) is 0 Å². The highest BCUT2D eigenvalue weighted by Crippen LogP contribution is 2.26. The quantitative estimate of drug-likeness (QED) is 0.728. The van der Waals surface area contributed by atoms with Gasteiger partial charge in [0, 0.05) is 60.6 Å². The van der Waals surface area contributed by atoms with Crippen molar-refractivity contribution in [2.24, 2.45) is 5.92 Å². The van der Waals surface area contributed by atoms with Gasteiger partial charge in [0.25, 0.3) is 5.91 Å². The van der Waals surface area contributed by atoms with Crippen molar-refractivity contribution < 1.29 is 9.59 Å². The van der Waals surface area contributed by atoms with Crippen LogP contribution in [-0.2, 0) is 4.79 Å². The fraction of sp³-hybridized carbons (Fsp3) is 0.476. The van der Waals surface area contributed by atoms with Gasteiger partial charge in [-0.3, -0.25) is 9.59 Å². The minimum Gasteiger partial charge on any atom is -0.342 e. The Morgan fingerprint density at radius 1 is 0.929 bits per heavy atom. The van der Waals surface area contributed by atoms with E-state index in [0.717, 1.165) is 43.2 Å². The molecule has 0 bridgehead atoms. The molecule has 0 N–H and O–H groups in total. The Hall–Kier alpha value is -2.15. The topological polar surface area (TPSA) is 58.4 Å². The van der Waals surface area contributed by atoms with Gasteiger partial charge in [0.05, 0.1) is 6.33 Å². The zero-order valence-corrected chi connectivity index (χ0v) is 17.4. The van der Waals surface area contributed by atoms with Gasteiger partial charge in [-0.1, -0.05) is 15.9 Å². The van der Waals surface area contributed by atoms with Crippen LogP contribution in [0.5, 0.6) is 0 Å². The standard InChI is InChI=1S/C21H25BrN4O2/c22-18-3-1-16(2-4-18)20(27)24-10-5-17(6-11-24)21(28)25-12-7-19(8-13-25)26-14-9-23-15-26/h1-4,9,14-15,17,19H,5-8,10-13H2. The molecule has 0 saturated carbocycles. The van der Waals surface area contributed by atoms with Gasteiger partial charge < -0.3 is 14.4 Å². The van der Waals surface area contributed by atoms with Gasteiger partial charge in [-0.15, -0.1) is 0 Å². The number of likely N-dealkylation sites (tertiary alicyclic amines) is 2. The lowest BCUT2D eigenvalue weighted by atomic mass is 9.93. The molecule has 7 heteroatoms. The molecule has 2 fully saturated rings. The van der Waals surface area contributed by atoms with Crippen molar-refractivity contribution in [3.63, 3.8) is 0 Å². The molecule has 2 aliphatic rings. The lowest BCUT2D eigenvalue weighted by molar-refractivity contribution is -0.138. The van der Waals surface area contributed by atoms with Gasteiger partial charge >= 0.3 is 0 Å². The largest absolute Gasteiger partial charge is 0.342 e. The molecule has 4 rings (SSSR count). The Labute approximate surface area is 173 Å². The van der Waals surface area contributed by atoms with Gasteiger partial charge in [0.15, 0.2) is 0 Å². The van der Waals surface area contributed by atoms with E-state index in [1.54, 1.807) is 6.20 Å². The van der Waals surface area contributed by atoms with Gasteiger partial charge in [-0.05, 0) is 49.9 Å². The number of benzene rings is 1. The summed E-state index contributed by atoms with van der Waals surface area (Å²) < 4.78 is 3.11. The summed E-state index contributed by atoms with van der Waals surface area (Å²) in [6.07, 6.45) is 9.12. The van der Waals surface area contributed by atoms with Crippen LogP contribution in [0.15, 0.2) is 47.5 Å². The molecular formula is C21H25BrN4O2. The summed E-state index contributed by atoms with van der Waals surface area (Å²) in [6.45, 7) is 2.91. The molecule has 148 valence electrons. The molecule has 2 aromatic rings. The third kappa shape index (κ3) is 4.14. The maximum Gasteiger partial charge on any atom is 0.253 e. The second-order valence-corrected chi connectivity index (χ2v) is 8.56. The number of imidazole rings is 1. The molecule has 1 aromatic heterocycles. The van der Waals surface area contributed by atoms with E-state index in [9.17, 15) is 9.59 Å². The Kier molecular flexibility index (Phi) is 5.80. The van der Waals surface area contributed by atoms with Crippen LogP contribution in [0.1, 0.15) is 42.1 Å². The van der Waals surface area contributed by atoms with Crippen molar-refractivity contribution in [2.45, 2.75) is 31.7 Å². The highest BCUT2D eigenvalue weighted by atomic mass is 79.9. The minimum atomic E-state index is 0.0405. The predicted molar refractivity (Wildman–Crippen MR) is 110 cm³/mol. The number of nitrogens with zero attached hydrogens (tertiary/aromatic N) is 4. The van der Waals surface area contributed by atoms with Crippen molar-refractivity contribution in [3.8, 4) is 0 Å². The van der Waals surface area contributed by atoms with Gasteiger partial charge in [-0.25, -0.2) is 4.98 Å². The molecular weight excluding hydrogens is 420 g/mol. The first-order valence-electron chi connectivity index (χ1n) is 9.93. The number of rotatable bonds is 3. The van der Waals surface area contributed by atoms with Crippen molar-refractivity contribution >= 4 is 27.7 Å². The SMILES string of the molecule is O=C(c1ccc(Br)cc1)N1CCC(C(=O)N2CCC(n3ccnc3)CC2)CC1. The zero-order valence-electron chi connectivity index (χ0n) is 15.8. The number of aromatic nitrogens is 2. The molecule has 6 nitrogen and oxygen atoms in total. The number of carbonyl (C=O) groups excluding carboxylic acids is 2. The lowest BCUT2D eigenvalue weighted by Crippen LogP contribution is -2.46. The average molecular weight is 445 g/mol. The fourth-order valence-electron chi connectivity index (χ4n) is 4.23. The summed E-state index contributed by atoms with van der Waals surface area (Å²) in [5.41, 5.74) is 0.703. The van der Waals surface area contributed by atoms with Crippen LogP contribution in [-0.4, -0.2) is 57.3 Å². The summed E-state index contributed by atoms with van der Waals surface area (Å²) >= 11 is 3.40. The molecule has 0 radical (unpaired) electrons. The number of piperidine rings is 2. The number of halogens is 1. The Bertz CT molecular complexity index is 805. The first kappa shape index (κ1) is 19.2. The Morgan fingerprint density at radius 3 is 2.18 bits per heavy atom. The van der Waals surface area contributed by atoms with E-state index in [1.165, 1.54) is 0 Å². The van der Waals surface area contributed by atoms with Crippen molar-refractivity contribution in [2.75, 3.05) is 26.2 Å².